The van der Waals surface area contributed by atoms with Crippen LogP contribution in [0.2, 0.25) is 0 Å². The zero-order valence-corrected chi connectivity index (χ0v) is 13.6. The summed E-state index contributed by atoms with van der Waals surface area (Å²) in [6, 6.07) is 0. The Kier molecular flexibility index (Phi) is 5.43. The van der Waals surface area contributed by atoms with Crippen LogP contribution in [0.15, 0.2) is 0 Å². The molecular weight excluding hydrogens is 224 g/mol. The summed E-state index contributed by atoms with van der Waals surface area (Å²) in [6.07, 6.45) is 8.43. The fraction of sp³-hybridized carbons (Fsp3) is 1.00. The number of hydrogen-bond acceptors (Lipinski definition) is 1. The maximum Gasteiger partial charge on any atom is 0.0103 e. The Hall–Kier alpha value is 0.350. The van der Waals surface area contributed by atoms with Gasteiger partial charge in [0, 0.05) is 10.00 Å². The van der Waals surface area contributed by atoms with Crippen LogP contribution in [0.5, 0.6) is 0 Å². The van der Waals surface area contributed by atoms with Gasteiger partial charge in [0.05, 0.1) is 0 Å². The van der Waals surface area contributed by atoms with Crippen LogP contribution in [0, 0.1) is 11.3 Å². The summed E-state index contributed by atoms with van der Waals surface area (Å²) < 4.78 is 0.484. The predicted octanol–water partition coefficient (Wildman–Crippen LogP) is 5.90. The second-order valence-electron chi connectivity index (χ2n) is 7.05. The van der Waals surface area contributed by atoms with E-state index < -0.39 is 0 Å². The highest BCUT2D eigenvalue weighted by Crippen LogP contribution is 2.45. The first-order valence-electron chi connectivity index (χ1n) is 7.48. The molecule has 0 atom stereocenters. The van der Waals surface area contributed by atoms with Crippen molar-refractivity contribution in [3.05, 3.63) is 0 Å². The van der Waals surface area contributed by atoms with E-state index in [0.717, 1.165) is 11.2 Å². The Labute approximate surface area is 113 Å². The van der Waals surface area contributed by atoms with Crippen LogP contribution >= 0.6 is 11.8 Å². The highest BCUT2D eigenvalue weighted by Gasteiger charge is 2.33. The number of thioether (sulfide) groups is 1. The van der Waals surface area contributed by atoms with E-state index in [9.17, 15) is 0 Å². The van der Waals surface area contributed by atoms with E-state index in [1.54, 1.807) is 0 Å². The summed E-state index contributed by atoms with van der Waals surface area (Å²) in [7, 11) is 0. The summed E-state index contributed by atoms with van der Waals surface area (Å²) in [6.45, 7) is 14.4. The largest absolute Gasteiger partial charge is 0.152 e. The standard InChI is InChI=1S/C16H32S/c1-7-15(3,4)13-9-11-14(12-10-13)17-16(5,6)8-2/h13-14H,7-12H2,1-6H3. The van der Waals surface area contributed by atoms with Gasteiger partial charge in [0.15, 0.2) is 0 Å². The van der Waals surface area contributed by atoms with Gasteiger partial charge in [0.2, 0.25) is 0 Å². The normalized spacial score (nSPS) is 27.2. The molecule has 1 fully saturated rings. The lowest BCUT2D eigenvalue weighted by Gasteiger charge is -2.40. The van der Waals surface area contributed by atoms with Gasteiger partial charge < -0.3 is 0 Å². The molecule has 0 radical (unpaired) electrons. The van der Waals surface area contributed by atoms with Crippen LogP contribution in [0.25, 0.3) is 0 Å². The lowest BCUT2D eigenvalue weighted by Crippen LogP contribution is -2.30. The molecule has 0 aromatic carbocycles. The molecular formula is C16H32S. The molecule has 0 bridgehead atoms. The van der Waals surface area contributed by atoms with Gasteiger partial charge in [0.25, 0.3) is 0 Å². The van der Waals surface area contributed by atoms with Gasteiger partial charge >= 0.3 is 0 Å². The van der Waals surface area contributed by atoms with Gasteiger partial charge in [0.1, 0.15) is 0 Å². The first-order chi connectivity index (χ1) is 7.80. The Morgan fingerprint density at radius 1 is 0.882 bits per heavy atom. The molecule has 1 saturated carbocycles. The lowest BCUT2D eigenvalue weighted by molar-refractivity contribution is 0.154. The van der Waals surface area contributed by atoms with E-state index in [4.69, 9.17) is 0 Å². The van der Waals surface area contributed by atoms with Crippen molar-refractivity contribution in [2.45, 2.75) is 90.1 Å². The topological polar surface area (TPSA) is 0 Å². The van der Waals surface area contributed by atoms with Crippen LogP contribution in [0.1, 0.15) is 80.1 Å². The van der Waals surface area contributed by atoms with Gasteiger partial charge in [-0.2, -0.15) is 11.8 Å². The van der Waals surface area contributed by atoms with Crippen LogP contribution < -0.4 is 0 Å². The van der Waals surface area contributed by atoms with Crippen LogP contribution in [0.4, 0.5) is 0 Å². The maximum absolute atomic E-state index is 2.46. The second kappa shape index (κ2) is 5.99. The highest BCUT2D eigenvalue weighted by atomic mass is 32.2. The average molecular weight is 256 g/mol. The highest BCUT2D eigenvalue weighted by molar-refractivity contribution is 8.01. The Balaban J connectivity index is 2.41. The molecule has 1 rings (SSSR count). The smallest absolute Gasteiger partial charge is 0.0103 e. The molecule has 102 valence electrons. The average Bonchev–Trinajstić information content (AvgIpc) is 2.29. The zero-order chi connectivity index (χ0) is 13.1. The van der Waals surface area contributed by atoms with E-state index >= 15 is 0 Å². The Bertz CT molecular complexity index is 222. The molecule has 0 amide bonds. The molecule has 0 unspecified atom stereocenters. The van der Waals surface area contributed by atoms with Crippen LogP contribution in [0.3, 0.4) is 0 Å². The third kappa shape index (κ3) is 4.50. The van der Waals surface area contributed by atoms with Gasteiger partial charge in [-0.05, 0) is 43.4 Å². The summed E-state index contributed by atoms with van der Waals surface area (Å²) >= 11 is 2.24. The fourth-order valence-corrected chi connectivity index (χ4v) is 4.36. The molecule has 0 saturated heterocycles. The van der Waals surface area contributed by atoms with E-state index in [2.05, 4.69) is 53.3 Å². The summed E-state index contributed by atoms with van der Waals surface area (Å²) in [5.74, 6) is 0.967. The molecule has 0 nitrogen and oxygen atoms in total. The van der Waals surface area contributed by atoms with Crippen molar-refractivity contribution in [2.75, 3.05) is 0 Å². The molecule has 0 aromatic heterocycles. The minimum Gasteiger partial charge on any atom is -0.152 e. The van der Waals surface area contributed by atoms with E-state index in [1.807, 2.05) is 0 Å². The summed E-state index contributed by atoms with van der Waals surface area (Å²) in [4.78, 5) is 0. The van der Waals surface area contributed by atoms with Crippen molar-refractivity contribution in [1.29, 1.82) is 0 Å². The van der Waals surface area contributed by atoms with Crippen molar-refractivity contribution in [1.82, 2.24) is 0 Å². The van der Waals surface area contributed by atoms with Crippen LogP contribution in [-0.2, 0) is 0 Å². The Morgan fingerprint density at radius 2 is 1.41 bits per heavy atom. The number of rotatable bonds is 5. The molecule has 1 aliphatic carbocycles. The van der Waals surface area contributed by atoms with Gasteiger partial charge in [-0.1, -0.05) is 48.0 Å². The first kappa shape index (κ1) is 15.4. The van der Waals surface area contributed by atoms with Crippen molar-refractivity contribution in [3.8, 4) is 0 Å². The molecule has 17 heavy (non-hydrogen) atoms. The van der Waals surface area contributed by atoms with E-state index in [0.29, 0.717) is 10.2 Å². The monoisotopic (exact) mass is 256 g/mol. The molecule has 0 spiro atoms. The van der Waals surface area contributed by atoms with Gasteiger partial charge in [-0.25, -0.2) is 0 Å². The van der Waals surface area contributed by atoms with E-state index in [1.165, 1.54) is 38.5 Å². The molecule has 1 aliphatic rings. The van der Waals surface area contributed by atoms with E-state index in [-0.39, 0.29) is 0 Å². The Morgan fingerprint density at radius 3 is 1.82 bits per heavy atom. The van der Waals surface area contributed by atoms with Crippen LogP contribution in [-0.4, -0.2) is 10.00 Å². The molecule has 0 N–H and O–H groups in total. The summed E-state index contributed by atoms with van der Waals surface area (Å²) in [5, 5.41) is 0.925. The maximum atomic E-state index is 2.46. The quantitative estimate of drug-likeness (QED) is 0.590. The molecule has 0 aromatic rings. The van der Waals surface area contributed by atoms with Crippen molar-refractivity contribution in [2.24, 2.45) is 11.3 Å². The fourth-order valence-electron chi connectivity index (χ4n) is 2.79. The van der Waals surface area contributed by atoms with Gasteiger partial charge in [-0.15, -0.1) is 0 Å². The van der Waals surface area contributed by atoms with Crippen molar-refractivity contribution >= 4 is 11.8 Å². The first-order valence-corrected chi connectivity index (χ1v) is 8.36. The molecule has 1 heteroatoms. The molecule has 0 heterocycles. The SMILES string of the molecule is CCC(C)(C)SC1CCC(C(C)(C)CC)CC1. The lowest BCUT2D eigenvalue weighted by atomic mass is 9.70. The molecule has 0 aliphatic heterocycles. The minimum atomic E-state index is 0.484. The zero-order valence-electron chi connectivity index (χ0n) is 12.8. The van der Waals surface area contributed by atoms with Gasteiger partial charge in [-0.3, -0.25) is 0 Å². The third-order valence-corrected chi connectivity index (χ3v) is 6.76. The van der Waals surface area contributed by atoms with Crippen molar-refractivity contribution in [3.63, 3.8) is 0 Å². The second-order valence-corrected chi connectivity index (χ2v) is 9.05. The van der Waals surface area contributed by atoms with Crippen molar-refractivity contribution < 1.29 is 0 Å². The predicted molar refractivity (Wildman–Crippen MR) is 81.8 cm³/mol. The third-order valence-electron chi connectivity index (χ3n) is 5.03. The minimum absolute atomic E-state index is 0.484. The number of hydrogen-bond donors (Lipinski definition) is 0. The summed E-state index contributed by atoms with van der Waals surface area (Å²) in [5.41, 5.74) is 0.565.